The number of nitrogens with zero attached hydrogens (tertiary/aromatic N) is 2. The molecule has 0 aliphatic rings. The van der Waals surface area contributed by atoms with Gasteiger partial charge in [-0.1, -0.05) is 24.3 Å². The van der Waals surface area contributed by atoms with Crippen molar-refractivity contribution in [1.29, 1.82) is 0 Å². The molecule has 6 nitrogen and oxygen atoms in total. The van der Waals surface area contributed by atoms with E-state index >= 15 is 0 Å². The summed E-state index contributed by atoms with van der Waals surface area (Å²) in [6, 6.07) is 15.4. The summed E-state index contributed by atoms with van der Waals surface area (Å²) in [5.41, 5.74) is 5.17. The quantitative estimate of drug-likeness (QED) is 0.498. The number of nitrogens with one attached hydrogen (secondary N) is 2. The number of hydrogen-bond acceptors (Lipinski definition) is 5. The highest BCUT2D eigenvalue weighted by Gasteiger charge is 2.03. The van der Waals surface area contributed by atoms with E-state index in [-0.39, 0.29) is 6.42 Å². The average Bonchev–Trinajstić information content (AvgIpc) is 2.60. The number of fused-ring (bicyclic) bond motifs is 1. The Kier molecular flexibility index (Phi) is 4.44. The van der Waals surface area contributed by atoms with E-state index in [0.717, 1.165) is 22.3 Å². The Bertz CT molecular complexity index is 835. The highest BCUT2D eigenvalue weighted by atomic mass is 16.5. The molecule has 6 heteroatoms. The van der Waals surface area contributed by atoms with E-state index in [1.807, 2.05) is 48.5 Å². The Balaban J connectivity index is 1.74. The lowest BCUT2D eigenvalue weighted by molar-refractivity contribution is -0.129. The van der Waals surface area contributed by atoms with Crippen molar-refractivity contribution >= 4 is 28.4 Å². The van der Waals surface area contributed by atoms with Gasteiger partial charge in [0.1, 0.15) is 5.82 Å². The van der Waals surface area contributed by atoms with Crippen LogP contribution in [-0.2, 0) is 11.2 Å². The molecular weight excluding hydrogens is 292 g/mol. The minimum absolute atomic E-state index is 0.232. The molecule has 0 saturated heterocycles. The van der Waals surface area contributed by atoms with Gasteiger partial charge in [-0.15, -0.1) is 0 Å². The summed E-state index contributed by atoms with van der Waals surface area (Å²) in [6.07, 6.45) is 2.47. The van der Waals surface area contributed by atoms with E-state index in [4.69, 9.17) is 5.21 Å². The minimum atomic E-state index is -0.399. The molecule has 116 valence electrons. The molecule has 0 bridgehead atoms. The molecule has 1 heterocycles. The lowest BCUT2D eigenvalue weighted by Gasteiger charge is -2.08. The van der Waals surface area contributed by atoms with Crippen molar-refractivity contribution in [2.45, 2.75) is 12.8 Å². The van der Waals surface area contributed by atoms with Crippen molar-refractivity contribution in [2.24, 2.45) is 0 Å². The van der Waals surface area contributed by atoms with Crippen LogP contribution in [0.1, 0.15) is 12.0 Å². The molecule has 0 spiro atoms. The van der Waals surface area contributed by atoms with Crippen LogP contribution in [0.25, 0.3) is 11.0 Å². The third kappa shape index (κ3) is 3.81. The molecule has 3 aromatic rings. The zero-order chi connectivity index (χ0) is 16.1. The fourth-order valence-corrected chi connectivity index (χ4v) is 2.28. The van der Waals surface area contributed by atoms with E-state index in [1.165, 1.54) is 0 Å². The van der Waals surface area contributed by atoms with Gasteiger partial charge >= 0.3 is 0 Å². The maximum atomic E-state index is 11.1. The lowest BCUT2D eigenvalue weighted by Crippen LogP contribution is -2.18. The van der Waals surface area contributed by atoms with E-state index in [2.05, 4.69) is 15.3 Å². The van der Waals surface area contributed by atoms with Crippen LogP contribution in [0.15, 0.2) is 54.7 Å². The number of benzene rings is 2. The van der Waals surface area contributed by atoms with Crippen LogP contribution in [-0.4, -0.2) is 21.1 Å². The molecule has 0 saturated carbocycles. The summed E-state index contributed by atoms with van der Waals surface area (Å²) in [5, 5.41) is 11.7. The van der Waals surface area contributed by atoms with Crippen LogP contribution in [0.2, 0.25) is 0 Å². The smallest absolute Gasteiger partial charge is 0.243 e. The summed E-state index contributed by atoms with van der Waals surface area (Å²) >= 11 is 0. The van der Waals surface area contributed by atoms with E-state index in [0.29, 0.717) is 12.2 Å². The molecule has 0 fully saturated rings. The van der Waals surface area contributed by atoms with Crippen molar-refractivity contribution < 1.29 is 10.0 Å². The largest absolute Gasteiger partial charge is 0.339 e. The van der Waals surface area contributed by atoms with E-state index in [9.17, 15) is 4.79 Å². The van der Waals surface area contributed by atoms with Crippen LogP contribution in [0, 0.1) is 0 Å². The highest BCUT2D eigenvalue weighted by molar-refractivity contribution is 5.76. The van der Waals surface area contributed by atoms with Crippen molar-refractivity contribution in [3.05, 3.63) is 60.3 Å². The number of hydroxylamine groups is 1. The van der Waals surface area contributed by atoms with Crippen LogP contribution in [0.3, 0.4) is 0 Å². The predicted octanol–water partition coefficient (Wildman–Crippen LogP) is 2.81. The molecule has 3 rings (SSSR count). The molecular formula is C17H16N4O2. The first-order valence-corrected chi connectivity index (χ1v) is 7.25. The Morgan fingerprint density at radius 3 is 2.74 bits per heavy atom. The van der Waals surface area contributed by atoms with Crippen LogP contribution in [0.5, 0.6) is 0 Å². The number of carbonyl (C=O) groups is 1. The topological polar surface area (TPSA) is 87.1 Å². The minimum Gasteiger partial charge on any atom is -0.339 e. The lowest BCUT2D eigenvalue weighted by atomic mass is 10.1. The molecule has 0 aliphatic carbocycles. The Labute approximate surface area is 133 Å². The summed E-state index contributed by atoms with van der Waals surface area (Å²) in [6.45, 7) is 0. The maximum absolute atomic E-state index is 11.1. The Hall–Kier alpha value is -2.99. The van der Waals surface area contributed by atoms with Crippen molar-refractivity contribution in [1.82, 2.24) is 15.4 Å². The van der Waals surface area contributed by atoms with Gasteiger partial charge in [0.05, 0.1) is 17.2 Å². The second kappa shape index (κ2) is 6.85. The van der Waals surface area contributed by atoms with Crippen LogP contribution >= 0.6 is 0 Å². The molecule has 0 unspecified atom stereocenters. The fourth-order valence-electron chi connectivity index (χ4n) is 2.28. The standard InChI is InChI=1S/C17H16N4O2/c22-17(21-23)9-8-12-4-3-5-13(10-12)19-16-11-18-14-6-1-2-7-15(14)20-16/h1-7,10-11,23H,8-9H2,(H,19,20)(H,21,22). The van der Waals surface area contributed by atoms with E-state index < -0.39 is 5.91 Å². The molecule has 0 atom stereocenters. The molecule has 0 radical (unpaired) electrons. The summed E-state index contributed by atoms with van der Waals surface area (Å²) in [7, 11) is 0. The number of rotatable bonds is 5. The monoisotopic (exact) mass is 308 g/mol. The first-order chi connectivity index (χ1) is 11.2. The first kappa shape index (κ1) is 14.9. The number of amides is 1. The van der Waals surface area contributed by atoms with Gasteiger partial charge in [0.2, 0.25) is 5.91 Å². The fraction of sp³-hybridized carbons (Fsp3) is 0.118. The molecule has 2 aromatic carbocycles. The SMILES string of the molecule is O=C(CCc1cccc(Nc2cnc3ccccc3n2)c1)NO. The first-order valence-electron chi connectivity index (χ1n) is 7.25. The van der Waals surface area contributed by atoms with Crippen LogP contribution in [0.4, 0.5) is 11.5 Å². The normalized spacial score (nSPS) is 10.5. The zero-order valence-corrected chi connectivity index (χ0v) is 12.4. The highest BCUT2D eigenvalue weighted by Crippen LogP contribution is 2.18. The average molecular weight is 308 g/mol. The number of aromatic nitrogens is 2. The van der Waals surface area contributed by atoms with Crippen molar-refractivity contribution in [3.8, 4) is 0 Å². The molecule has 3 N–H and O–H groups in total. The second-order valence-electron chi connectivity index (χ2n) is 5.10. The van der Waals surface area contributed by atoms with Gasteiger partial charge in [-0.3, -0.25) is 15.0 Å². The number of para-hydroxylation sites is 2. The number of carbonyl (C=O) groups excluding carboxylic acids is 1. The van der Waals surface area contributed by atoms with Gasteiger partial charge in [0.15, 0.2) is 0 Å². The Morgan fingerprint density at radius 1 is 1.09 bits per heavy atom. The summed E-state index contributed by atoms with van der Waals surface area (Å²) < 4.78 is 0. The van der Waals surface area contributed by atoms with Gasteiger partial charge in [0.25, 0.3) is 0 Å². The Morgan fingerprint density at radius 2 is 1.91 bits per heavy atom. The molecule has 1 aromatic heterocycles. The predicted molar refractivity (Wildman–Crippen MR) is 87.5 cm³/mol. The molecule has 0 aliphatic heterocycles. The zero-order valence-electron chi connectivity index (χ0n) is 12.4. The van der Waals surface area contributed by atoms with Gasteiger partial charge < -0.3 is 5.32 Å². The van der Waals surface area contributed by atoms with Gasteiger partial charge in [-0.25, -0.2) is 10.5 Å². The number of anilines is 2. The third-order valence-corrected chi connectivity index (χ3v) is 3.41. The van der Waals surface area contributed by atoms with Crippen molar-refractivity contribution in [3.63, 3.8) is 0 Å². The van der Waals surface area contributed by atoms with E-state index in [1.54, 1.807) is 11.7 Å². The summed E-state index contributed by atoms with van der Waals surface area (Å²) in [5.74, 6) is 0.262. The van der Waals surface area contributed by atoms with Gasteiger partial charge in [-0.2, -0.15) is 0 Å². The molecule has 23 heavy (non-hydrogen) atoms. The molecule has 1 amide bonds. The number of aryl methyl sites for hydroxylation is 1. The van der Waals surface area contributed by atoms with Crippen molar-refractivity contribution in [2.75, 3.05) is 5.32 Å². The third-order valence-electron chi connectivity index (χ3n) is 3.41. The summed E-state index contributed by atoms with van der Waals surface area (Å²) in [4.78, 5) is 20.0. The van der Waals surface area contributed by atoms with Gasteiger partial charge in [0, 0.05) is 12.1 Å². The maximum Gasteiger partial charge on any atom is 0.243 e. The second-order valence-corrected chi connectivity index (χ2v) is 5.10. The van der Waals surface area contributed by atoms with Crippen LogP contribution < -0.4 is 10.8 Å². The number of hydrogen-bond donors (Lipinski definition) is 3. The van der Waals surface area contributed by atoms with Gasteiger partial charge in [-0.05, 0) is 36.2 Å².